The molecule has 2 aromatic rings. The standard InChI is InChI=1S/C13H13Cl2N3O3S2/c14-7-3-9(15)12-10(4-7)17-13(18-12)22-5-11(19)16-8-1-2-23(20,21)6-8/h3-4,8H,1-2,5-6H2,(H,16,19)(H,17,18)/t8-/m1/s1. The molecule has 2 heterocycles. The van der Waals surface area contributed by atoms with Crippen molar-refractivity contribution in [3.8, 4) is 0 Å². The maximum atomic E-state index is 11.9. The molecular formula is C13H13Cl2N3O3S2. The summed E-state index contributed by atoms with van der Waals surface area (Å²) in [4.78, 5) is 19.3. The molecule has 0 spiro atoms. The second-order valence-electron chi connectivity index (χ2n) is 5.28. The van der Waals surface area contributed by atoms with Crippen molar-refractivity contribution in [3.05, 3.63) is 22.2 Å². The maximum Gasteiger partial charge on any atom is 0.230 e. The van der Waals surface area contributed by atoms with E-state index in [1.54, 1.807) is 12.1 Å². The molecule has 1 aliphatic rings. The Kier molecular flexibility index (Phi) is 4.78. The summed E-state index contributed by atoms with van der Waals surface area (Å²) in [6, 6.07) is 3.02. The number of nitrogens with one attached hydrogen (secondary N) is 2. The van der Waals surface area contributed by atoms with Crippen LogP contribution in [0.4, 0.5) is 0 Å². The number of halogens is 2. The summed E-state index contributed by atoms with van der Waals surface area (Å²) in [5, 5.41) is 4.23. The zero-order valence-electron chi connectivity index (χ0n) is 11.8. The third kappa shape index (κ3) is 4.12. The quantitative estimate of drug-likeness (QED) is 0.777. The Hall–Kier alpha value is -0.960. The Morgan fingerprint density at radius 3 is 2.91 bits per heavy atom. The van der Waals surface area contributed by atoms with Gasteiger partial charge in [-0.15, -0.1) is 0 Å². The fraction of sp³-hybridized carbons (Fsp3) is 0.385. The van der Waals surface area contributed by atoms with E-state index >= 15 is 0 Å². The zero-order chi connectivity index (χ0) is 16.6. The van der Waals surface area contributed by atoms with Crippen LogP contribution in [0.25, 0.3) is 11.0 Å². The molecule has 1 fully saturated rings. The topological polar surface area (TPSA) is 91.9 Å². The van der Waals surface area contributed by atoms with Crippen LogP contribution in [0.2, 0.25) is 10.0 Å². The Balaban J connectivity index is 1.60. The van der Waals surface area contributed by atoms with E-state index in [2.05, 4.69) is 15.3 Å². The highest BCUT2D eigenvalue weighted by Gasteiger charge is 2.28. The molecule has 10 heteroatoms. The number of nitrogens with zero attached hydrogens (tertiary/aromatic N) is 1. The molecule has 0 unspecified atom stereocenters. The molecule has 124 valence electrons. The normalized spacial score (nSPS) is 20.0. The van der Waals surface area contributed by atoms with Gasteiger partial charge in [-0.1, -0.05) is 35.0 Å². The van der Waals surface area contributed by atoms with Gasteiger partial charge >= 0.3 is 0 Å². The second kappa shape index (κ2) is 6.51. The maximum absolute atomic E-state index is 11.9. The SMILES string of the molecule is O=C(CSc1nc2c(Cl)cc(Cl)cc2[nH]1)N[C@@H]1CCS(=O)(=O)C1. The van der Waals surface area contributed by atoms with Crippen molar-refractivity contribution >= 4 is 61.7 Å². The predicted octanol–water partition coefficient (Wildman–Crippen LogP) is 2.27. The van der Waals surface area contributed by atoms with E-state index in [1.807, 2.05) is 0 Å². The zero-order valence-corrected chi connectivity index (χ0v) is 14.9. The van der Waals surface area contributed by atoms with Gasteiger partial charge in [0.25, 0.3) is 0 Å². The second-order valence-corrected chi connectivity index (χ2v) is 9.32. The third-order valence-electron chi connectivity index (χ3n) is 3.42. The van der Waals surface area contributed by atoms with Crippen LogP contribution in [0.1, 0.15) is 6.42 Å². The number of amides is 1. The van der Waals surface area contributed by atoms with Crippen molar-refractivity contribution in [1.29, 1.82) is 0 Å². The van der Waals surface area contributed by atoms with E-state index in [4.69, 9.17) is 23.2 Å². The fourth-order valence-corrected chi connectivity index (χ4v) is 5.30. The number of aromatic nitrogens is 2. The number of carbonyl (C=O) groups excluding carboxylic acids is 1. The molecule has 0 radical (unpaired) electrons. The number of thioether (sulfide) groups is 1. The first-order chi connectivity index (χ1) is 10.8. The number of imidazole rings is 1. The van der Waals surface area contributed by atoms with Crippen LogP contribution in [0.15, 0.2) is 17.3 Å². The molecule has 1 atom stereocenters. The summed E-state index contributed by atoms with van der Waals surface area (Å²) in [5.74, 6) is 0.0688. The average Bonchev–Trinajstić information content (AvgIpc) is 2.99. The summed E-state index contributed by atoms with van der Waals surface area (Å²) in [6.45, 7) is 0. The summed E-state index contributed by atoms with van der Waals surface area (Å²) >= 11 is 13.2. The number of hydrogen-bond acceptors (Lipinski definition) is 5. The lowest BCUT2D eigenvalue weighted by Gasteiger charge is -2.09. The number of carbonyl (C=O) groups is 1. The number of benzene rings is 1. The molecule has 2 N–H and O–H groups in total. The Morgan fingerprint density at radius 2 is 2.22 bits per heavy atom. The van der Waals surface area contributed by atoms with Gasteiger partial charge in [0.15, 0.2) is 15.0 Å². The van der Waals surface area contributed by atoms with Crippen LogP contribution in [0, 0.1) is 0 Å². The van der Waals surface area contributed by atoms with Crippen molar-refractivity contribution in [1.82, 2.24) is 15.3 Å². The van der Waals surface area contributed by atoms with Crippen molar-refractivity contribution in [2.24, 2.45) is 0 Å². The van der Waals surface area contributed by atoms with E-state index in [1.165, 1.54) is 11.8 Å². The molecule has 0 saturated carbocycles. The van der Waals surface area contributed by atoms with Gasteiger partial charge < -0.3 is 10.3 Å². The first-order valence-electron chi connectivity index (χ1n) is 6.80. The van der Waals surface area contributed by atoms with Crippen molar-refractivity contribution < 1.29 is 13.2 Å². The predicted molar refractivity (Wildman–Crippen MR) is 92.0 cm³/mol. The van der Waals surface area contributed by atoms with Gasteiger partial charge in [0.1, 0.15) is 5.52 Å². The monoisotopic (exact) mass is 393 g/mol. The Labute approximate surface area is 147 Å². The van der Waals surface area contributed by atoms with Crippen LogP contribution in [0.3, 0.4) is 0 Å². The Morgan fingerprint density at radius 1 is 1.43 bits per heavy atom. The molecule has 0 aliphatic carbocycles. The van der Waals surface area contributed by atoms with Crippen LogP contribution >= 0.6 is 35.0 Å². The molecule has 1 amide bonds. The number of hydrogen-bond donors (Lipinski definition) is 2. The smallest absolute Gasteiger partial charge is 0.230 e. The first kappa shape index (κ1) is 16.9. The number of aromatic amines is 1. The number of fused-ring (bicyclic) bond motifs is 1. The van der Waals surface area contributed by atoms with Gasteiger partial charge in [-0.2, -0.15) is 0 Å². The van der Waals surface area contributed by atoms with Gasteiger partial charge in [-0.3, -0.25) is 4.79 Å². The van der Waals surface area contributed by atoms with Crippen LogP contribution in [-0.4, -0.2) is 47.6 Å². The average molecular weight is 394 g/mol. The molecule has 3 rings (SSSR count). The van der Waals surface area contributed by atoms with Crippen molar-refractivity contribution in [2.45, 2.75) is 17.6 Å². The molecule has 0 bridgehead atoms. The lowest BCUT2D eigenvalue weighted by molar-refractivity contribution is -0.119. The van der Waals surface area contributed by atoms with Crippen molar-refractivity contribution in [2.75, 3.05) is 17.3 Å². The number of rotatable bonds is 4. The summed E-state index contributed by atoms with van der Waals surface area (Å²) in [6.07, 6.45) is 0.470. The lowest BCUT2D eigenvalue weighted by Crippen LogP contribution is -2.36. The van der Waals surface area contributed by atoms with Crippen molar-refractivity contribution in [3.63, 3.8) is 0 Å². The number of H-pyrrole nitrogens is 1. The minimum Gasteiger partial charge on any atom is -0.352 e. The molecule has 1 aromatic carbocycles. The molecule has 1 saturated heterocycles. The highest BCUT2D eigenvalue weighted by molar-refractivity contribution is 7.99. The van der Waals surface area contributed by atoms with E-state index in [0.29, 0.717) is 32.7 Å². The molecular weight excluding hydrogens is 381 g/mol. The summed E-state index contributed by atoms with van der Waals surface area (Å²) in [7, 11) is -3.00. The minimum atomic E-state index is -3.00. The first-order valence-corrected chi connectivity index (χ1v) is 10.4. The summed E-state index contributed by atoms with van der Waals surface area (Å²) < 4.78 is 22.7. The van der Waals surface area contributed by atoms with Gasteiger partial charge in [-0.05, 0) is 18.6 Å². The molecule has 1 aliphatic heterocycles. The van der Waals surface area contributed by atoms with Gasteiger partial charge in [0, 0.05) is 11.1 Å². The molecule has 1 aromatic heterocycles. The van der Waals surface area contributed by atoms with Gasteiger partial charge in [0.2, 0.25) is 5.91 Å². The van der Waals surface area contributed by atoms with Crippen LogP contribution in [0.5, 0.6) is 0 Å². The largest absolute Gasteiger partial charge is 0.352 e. The minimum absolute atomic E-state index is 0.0160. The summed E-state index contributed by atoms with van der Waals surface area (Å²) in [5.41, 5.74) is 1.30. The lowest BCUT2D eigenvalue weighted by atomic mass is 10.3. The number of sulfone groups is 1. The fourth-order valence-electron chi connectivity index (χ4n) is 2.40. The van der Waals surface area contributed by atoms with Crippen LogP contribution in [-0.2, 0) is 14.6 Å². The van der Waals surface area contributed by atoms with Gasteiger partial charge in [0.05, 0.1) is 27.8 Å². The highest BCUT2D eigenvalue weighted by Crippen LogP contribution is 2.28. The van der Waals surface area contributed by atoms with E-state index < -0.39 is 9.84 Å². The molecule has 6 nitrogen and oxygen atoms in total. The Bertz CT molecular complexity index is 867. The van der Waals surface area contributed by atoms with E-state index in [9.17, 15) is 13.2 Å². The van der Waals surface area contributed by atoms with E-state index in [-0.39, 0.29) is 29.2 Å². The van der Waals surface area contributed by atoms with Crippen LogP contribution < -0.4 is 5.32 Å². The van der Waals surface area contributed by atoms with Gasteiger partial charge in [-0.25, -0.2) is 13.4 Å². The van der Waals surface area contributed by atoms with E-state index in [0.717, 1.165) is 0 Å². The highest BCUT2D eigenvalue weighted by atomic mass is 35.5. The third-order valence-corrected chi connectivity index (χ3v) is 6.57. The molecule has 23 heavy (non-hydrogen) atoms.